The Balaban J connectivity index is 2.10. The number of alkyl halides is 1. The van der Waals surface area contributed by atoms with E-state index >= 15 is 0 Å². The van der Waals surface area contributed by atoms with Gasteiger partial charge in [-0.05, 0) is 19.1 Å². The number of hydrogen-bond acceptors (Lipinski definition) is 3. The second kappa shape index (κ2) is 7.43. The lowest BCUT2D eigenvalue weighted by Gasteiger charge is -2.10. The van der Waals surface area contributed by atoms with Gasteiger partial charge in [0.25, 0.3) is 0 Å². The minimum absolute atomic E-state index is 0.00185. The lowest BCUT2D eigenvalue weighted by atomic mass is 10.3. The van der Waals surface area contributed by atoms with Crippen LogP contribution in [0.5, 0.6) is 0 Å². The van der Waals surface area contributed by atoms with Crippen molar-refractivity contribution in [3.8, 4) is 0 Å². The summed E-state index contributed by atoms with van der Waals surface area (Å²) in [6.45, 7) is 3.49. The zero-order valence-corrected chi connectivity index (χ0v) is 13.1. The minimum Gasteiger partial charge on any atom is -0.383 e. The van der Waals surface area contributed by atoms with Gasteiger partial charge >= 0.3 is 0 Å². The third kappa shape index (κ3) is 3.95. The normalized spacial score (nSPS) is 12.5. The number of imidazole rings is 1. The highest BCUT2D eigenvalue weighted by Crippen LogP contribution is 2.24. The van der Waals surface area contributed by atoms with Crippen molar-refractivity contribution in [2.45, 2.75) is 25.3 Å². The first-order valence-corrected chi connectivity index (χ1v) is 7.42. The summed E-state index contributed by atoms with van der Waals surface area (Å²) < 4.78 is 6.92. The van der Waals surface area contributed by atoms with Gasteiger partial charge in [0.15, 0.2) is 0 Å². The quantitative estimate of drug-likeness (QED) is 0.631. The molecule has 1 N–H and O–H groups in total. The van der Waals surface area contributed by atoms with E-state index in [0.29, 0.717) is 26.1 Å². The maximum atomic E-state index is 11.8. The van der Waals surface area contributed by atoms with Crippen LogP contribution >= 0.6 is 11.6 Å². The molecule has 5 nitrogen and oxygen atoms in total. The van der Waals surface area contributed by atoms with Crippen LogP contribution < -0.4 is 5.32 Å². The maximum absolute atomic E-state index is 11.8. The fourth-order valence-electron chi connectivity index (χ4n) is 2.23. The van der Waals surface area contributed by atoms with Gasteiger partial charge in [-0.25, -0.2) is 4.98 Å². The number of aromatic nitrogens is 2. The number of carbonyl (C=O) groups excluding carboxylic acids is 1. The Hall–Kier alpha value is -1.59. The number of para-hydroxylation sites is 2. The second-order valence-electron chi connectivity index (χ2n) is 4.82. The highest BCUT2D eigenvalue weighted by atomic mass is 35.5. The fourth-order valence-corrected chi connectivity index (χ4v) is 2.39. The van der Waals surface area contributed by atoms with Gasteiger partial charge in [0.2, 0.25) is 5.91 Å². The van der Waals surface area contributed by atoms with Crippen LogP contribution in [-0.2, 0) is 16.1 Å². The van der Waals surface area contributed by atoms with Crippen LogP contribution in [-0.4, -0.2) is 35.7 Å². The van der Waals surface area contributed by atoms with E-state index in [1.54, 1.807) is 7.11 Å². The standard InChI is InChI=1S/C15H20ClN3O2/c1-11(16)15-18-12-5-3-4-6-13(12)19(15)9-7-14(20)17-8-10-21-2/h3-6,11H,7-10H2,1-2H3,(H,17,20). The molecule has 0 bridgehead atoms. The molecule has 0 aliphatic rings. The first-order valence-electron chi connectivity index (χ1n) is 6.98. The topological polar surface area (TPSA) is 56.1 Å². The molecule has 2 rings (SSSR count). The molecule has 6 heteroatoms. The molecule has 1 aromatic carbocycles. The van der Waals surface area contributed by atoms with Crippen molar-refractivity contribution in [2.24, 2.45) is 0 Å². The molecule has 21 heavy (non-hydrogen) atoms. The molecule has 114 valence electrons. The largest absolute Gasteiger partial charge is 0.383 e. The van der Waals surface area contributed by atoms with Crippen LogP contribution in [0.2, 0.25) is 0 Å². The Labute approximate surface area is 129 Å². The van der Waals surface area contributed by atoms with Gasteiger partial charge in [-0.3, -0.25) is 4.79 Å². The molecule has 1 heterocycles. The molecule has 0 fully saturated rings. The molecule has 1 atom stereocenters. The van der Waals surface area contributed by atoms with E-state index in [1.807, 2.05) is 35.8 Å². The number of benzene rings is 1. The Kier molecular flexibility index (Phi) is 5.59. The molecule has 0 aliphatic heterocycles. The zero-order valence-electron chi connectivity index (χ0n) is 12.3. The molecule has 0 saturated carbocycles. The SMILES string of the molecule is COCCNC(=O)CCn1c(C(C)Cl)nc2ccccc21. The van der Waals surface area contributed by atoms with Crippen molar-refractivity contribution >= 4 is 28.5 Å². The average Bonchev–Trinajstić information content (AvgIpc) is 2.84. The van der Waals surface area contributed by atoms with Gasteiger partial charge in [0.1, 0.15) is 5.82 Å². The number of rotatable bonds is 7. The fraction of sp³-hybridized carbons (Fsp3) is 0.467. The lowest BCUT2D eigenvalue weighted by Crippen LogP contribution is -2.27. The lowest BCUT2D eigenvalue weighted by molar-refractivity contribution is -0.121. The number of carbonyl (C=O) groups is 1. The van der Waals surface area contributed by atoms with Crippen LogP contribution in [0.4, 0.5) is 0 Å². The van der Waals surface area contributed by atoms with Gasteiger partial charge < -0.3 is 14.6 Å². The summed E-state index contributed by atoms with van der Waals surface area (Å²) in [5, 5.41) is 2.61. The van der Waals surface area contributed by atoms with Crippen molar-refractivity contribution in [1.29, 1.82) is 0 Å². The Bertz CT molecular complexity index is 610. The number of halogens is 1. The summed E-state index contributed by atoms with van der Waals surface area (Å²) in [5.74, 6) is 0.792. The van der Waals surface area contributed by atoms with Crippen LogP contribution in [0.3, 0.4) is 0 Å². The number of amides is 1. The number of methoxy groups -OCH3 is 1. The van der Waals surface area contributed by atoms with E-state index in [9.17, 15) is 4.79 Å². The number of nitrogens with zero attached hydrogens (tertiary/aromatic N) is 2. The number of nitrogens with one attached hydrogen (secondary N) is 1. The van der Waals surface area contributed by atoms with Gasteiger partial charge in [-0.2, -0.15) is 0 Å². The summed E-state index contributed by atoms with van der Waals surface area (Å²) >= 11 is 6.20. The number of ether oxygens (including phenoxy) is 1. The van der Waals surface area contributed by atoms with E-state index in [1.165, 1.54) is 0 Å². The predicted octanol–water partition coefficient (Wildman–Crippen LogP) is 2.49. The summed E-state index contributed by atoms with van der Waals surface area (Å²) in [5.41, 5.74) is 1.91. The van der Waals surface area contributed by atoms with Gasteiger partial charge in [0.05, 0.1) is 23.0 Å². The molecule has 1 unspecified atom stereocenters. The molecule has 0 aliphatic carbocycles. The molecule has 2 aromatic rings. The van der Waals surface area contributed by atoms with Crippen molar-refractivity contribution in [2.75, 3.05) is 20.3 Å². The van der Waals surface area contributed by atoms with Crippen molar-refractivity contribution in [3.63, 3.8) is 0 Å². The third-order valence-corrected chi connectivity index (χ3v) is 3.43. The highest BCUT2D eigenvalue weighted by Gasteiger charge is 2.15. The number of hydrogen-bond donors (Lipinski definition) is 1. The number of aryl methyl sites for hydroxylation is 1. The minimum atomic E-state index is -0.200. The first kappa shape index (κ1) is 15.8. The third-order valence-electron chi connectivity index (χ3n) is 3.23. The van der Waals surface area contributed by atoms with Crippen LogP contribution in [0.25, 0.3) is 11.0 Å². The Morgan fingerprint density at radius 3 is 2.95 bits per heavy atom. The molecule has 1 aromatic heterocycles. The number of fused-ring (bicyclic) bond motifs is 1. The molecule has 1 amide bonds. The predicted molar refractivity (Wildman–Crippen MR) is 83.5 cm³/mol. The summed E-state index contributed by atoms with van der Waals surface area (Å²) in [7, 11) is 1.61. The Morgan fingerprint density at radius 1 is 1.48 bits per heavy atom. The molecule has 0 radical (unpaired) electrons. The van der Waals surface area contributed by atoms with Gasteiger partial charge in [-0.15, -0.1) is 11.6 Å². The smallest absolute Gasteiger partial charge is 0.221 e. The van der Waals surface area contributed by atoms with E-state index in [-0.39, 0.29) is 11.3 Å². The van der Waals surface area contributed by atoms with Crippen molar-refractivity contribution in [1.82, 2.24) is 14.9 Å². The monoisotopic (exact) mass is 309 g/mol. The molecule has 0 spiro atoms. The highest BCUT2D eigenvalue weighted by molar-refractivity contribution is 6.20. The first-order chi connectivity index (χ1) is 10.1. The summed E-state index contributed by atoms with van der Waals surface area (Å²) in [4.78, 5) is 16.3. The van der Waals surface area contributed by atoms with E-state index in [4.69, 9.17) is 16.3 Å². The molecular formula is C15H20ClN3O2. The van der Waals surface area contributed by atoms with Gasteiger partial charge in [0, 0.05) is 26.6 Å². The average molecular weight is 310 g/mol. The van der Waals surface area contributed by atoms with Gasteiger partial charge in [-0.1, -0.05) is 12.1 Å². The van der Waals surface area contributed by atoms with E-state index < -0.39 is 0 Å². The Morgan fingerprint density at radius 2 is 2.24 bits per heavy atom. The van der Waals surface area contributed by atoms with Crippen LogP contribution in [0, 0.1) is 0 Å². The van der Waals surface area contributed by atoms with Crippen molar-refractivity contribution in [3.05, 3.63) is 30.1 Å². The summed E-state index contributed by atoms with van der Waals surface area (Å²) in [6.07, 6.45) is 0.390. The second-order valence-corrected chi connectivity index (χ2v) is 5.47. The summed E-state index contributed by atoms with van der Waals surface area (Å²) in [6, 6.07) is 7.85. The van der Waals surface area contributed by atoms with E-state index in [2.05, 4.69) is 10.3 Å². The molecule has 0 saturated heterocycles. The van der Waals surface area contributed by atoms with Crippen molar-refractivity contribution < 1.29 is 9.53 Å². The van der Waals surface area contributed by atoms with Crippen LogP contribution in [0.1, 0.15) is 24.5 Å². The zero-order chi connectivity index (χ0) is 15.2. The molecular weight excluding hydrogens is 290 g/mol. The van der Waals surface area contributed by atoms with Crippen LogP contribution in [0.15, 0.2) is 24.3 Å². The maximum Gasteiger partial charge on any atom is 0.221 e. The van der Waals surface area contributed by atoms with E-state index in [0.717, 1.165) is 16.9 Å².